The number of aliphatic hydroxyl groups excluding tert-OH is 2. The number of hydrogen-bond acceptors (Lipinski definition) is 14. The van der Waals surface area contributed by atoms with Gasteiger partial charge in [0, 0.05) is 19.3 Å². The highest BCUT2D eigenvalue weighted by molar-refractivity contribution is 7.47. The number of phosphoric ester groups is 2. The number of esters is 3. The van der Waals surface area contributed by atoms with Crippen LogP contribution in [-0.2, 0) is 55.8 Å². The van der Waals surface area contributed by atoms with E-state index in [0.29, 0.717) is 19.3 Å². The van der Waals surface area contributed by atoms with Crippen molar-refractivity contribution in [1.29, 1.82) is 0 Å². The number of allylic oxidation sites excluding steroid dienone is 30. The molecule has 105 heavy (non-hydrogen) atoms. The molecule has 596 valence electrons. The Morgan fingerprint density at radius 1 is 0.267 bits per heavy atom. The van der Waals surface area contributed by atoms with Crippen molar-refractivity contribution in [3.05, 3.63) is 182 Å². The lowest BCUT2D eigenvalue weighted by molar-refractivity contribution is -0.161. The van der Waals surface area contributed by atoms with Crippen molar-refractivity contribution < 1.29 is 75.8 Å². The Bertz CT molecular complexity index is 2640. The molecular weight excluding hydrogens is 1360 g/mol. The van der Waals surface area contributed by atoms with Gasteiger partial charge in [-0.1, -0.05) is 299 Å². The fourth-order valence-corrected chi connectivity index (χ4v) is 11.7. The molecule has 0 aliphatic heterocycles. The van der Waals surface area contributed by atoms with E-state index in [4.69, 9.17) is 32.3 Å². The van der Waals surface area contributed by atoms with Crippen molar-refractivity contribution in [1.82, 2.24) is 0 Å². The van der Waals surface area contributed by atoms with E-state index >= 15 is 0 Å². The molecule has 5 unspecified atom stereocenters. The van der Waals surface area contributed by atoms with Crippen molar-refractivity contribution in [2.45, 2.75) is 309 Å². The maximum atomic E-state index is 13.0. The third kappa shape index (κ3) is 79.5. The summed E-state index contributed by atoms with van der Waals surface area (Å²) < 4.78 is 61.1. The summed E-state index contributed by atoms with van der Waals surface area (Å²) in [6, 6.07) is 0. The molecule has 0 saturated carbocycles. The number of carbonyl (C=O) groups is 3. The zero-order valence-corrected chi connectivity index (χ0v) is 66.9. The molecule has 0 fully saturated rings. The smallest absolute Gasteiger partial charge is 0.463 e. The molecule has 0 aliphatic rings. The van der Waals surface area contributed by atoms with Crippen LogP contribution in [0.2, 0.25) is 0 Å². The standard InChI is InChI=1S/C87H142O16P2/c1-4-7-10-13-16-19-22-25-28-30-32-34-36-38-39-40-41-43-45-46-48-50-53-55-58-61-64-67-70-73-85(90)97-76-82(88)77-99-104(93,94)100-78-83(89)79-101-105(95,96)102-81-84(103-87(92)75-72-69-66-63-60-57-52-27-24-21-18-15-12-9-6-3)80-98-86(91)74-71-68-65-62-59-56-54-51-49-47-44-42-37-35-33-31-29-26-23-20-17-14-11-8-5-2/h7-12,16-21,25-29,32-35,38-39,41-44,49,51-52,82-84,88-89H,4-6,13-15,22-24,30-31,36-37,40,45-48,50,53-81H2,1-3H3,(H,93,94)(H,95,96)/b10-7-,11-8-,12-9-,19-16-,20-17-,21-18-,28-25-,29-26-,34-32-,35-33-,39-38-,43-41-,44-42-,51-49-,52-27-. The summed E-state index contributed by atoms with van der Waals surface area (Å²) in [5, 5.41) is 20.6. The van der Waals surface area contributed by atoms with E-state index in [1.54, 1.807) is 0 Å². The van der Waals surface area contributed by atoms with Crippen LogP contribution in [0.5, 0.6) is 0 Å². The van der Waals surface area contributed by atoms with E-state index in [1.807, 2.05) is 0 Å². The lowest BCUT2D eigenvalue weighted by Crippen LogP contribution is -2.30. The third-order valence-electron chi connectivity index (χ3n) is 16.1. The zero-order valence-electron chi connectivity index (χ0n) is 65.1. The Morgan fingerprint density at radius 3 is 0.752 bits per heavy atom. The Kier molecular flexibility index (Phi) is 74.3. The molecule has 0 aromatic heterocycles. The zero-order chi connectivity index (χ0) is 76.6. The number of hydrogen-bond donors (Lipinski definition) is 4. The van der Waals surface area contributed by atoms with Gasteiger partial charge in [-0.25, -0.2) is 9.13 Å². The van der Waals surface area contributed by atoms with E-state index in [9.17, 15) is 43.5 Å². The Labute approximate surface area is 636 Å². The average Bonchev–Trinajstić information content (AvgIpc) is 0.913. The van der Waals surface area contributed by atoms with Crippen LogP contribution in [0, 0.1) is 0 Å². The van der Waals surface area contributed by atoms with Gasteiger partial charge in [-0.15, -0.1) is 0 Å². The second kappa shape index (κ2) is 78.2. The molecule has 4 N–H and O–H groups in total. The van der Waals surface area contributed by atoms with Crippen LogP contribution in [0.25, 0.3) is 0 Å². The van der Waals surface area contributed by atoms with Crippen molar-refractivity contribution in [2.24, 2.45) is 0 Å². The Morgan fingerprint density at radius 2 is 0.476 bits per heavy atom. The molecule has 0 spiro atoms. The highest BCUT2D eigenvalue weighted by atomic mass is 31.2. The fourth-order valence-electron chi connectivity index (χ4n) is 10.1. The van der Waals surface area contributed by atoms with E-state index in [0.717, 1.165) is 199 Å². The number of carbonyl (C=O) groups excluding carboxylic acids is 3. The summed E-state index contributed by atoms with van der Waals surface area (Å²) >= 11 is 0. The monoisotopic (exact) mass is 1500 g/mol. The van der Waals surface area contributed by atoms with Gasteiger partial charge in [-0.05, 0) is 154 Å². The molecule has 0 bridgehead atoms. The molecule has 0 rings (SSSR count). The predicted molar refractivity (Wildman–Crippen MR) is 435 cm³/mol. The third-order valence-corrected chi connectivity index (χ3v) is 18.0. The molecule has 0 amide bonds. The van der Waals surface area contributed by atoms with Gasteiger partial charge in [-0.2, -0.15) is 0 Å². The summed E-state index contributed by atoms with van der Waals surface area (Å²) in [7, 11) is -9.82. The minimum atomic E-state index is -4.95. The van der Waals surface area contributed by atoms with Crippen LogP contribution in [0.4, 0.5) is 0 Å². The quantitative estimate of drug-likeness (QED) is 0.0146. The van der Waals surface area contributed by atoms with Crippen LogP contribution >= 0.6 is 15.6 Å². The van der Waals surface area contributed by atoms with Crippen LogP contribution in [-0.4, -0.2) is 95.9 Å². The summed E-state index contributed by atoms with van der Waals surface area (Å²) in [5.74, 6) is -1.62. The van der Waals surface area contributed by atoms with Gasteiger partial charge in [-0.3, -0.25) is 32.5 Å². The average molecular weight is 1510 g/mol. The molecule has 0 heterocycles. The number of phosphoric acid groups is 2. The second-order valence-electron chi connectivity index (χ2n) is 26.1. The second-order valence-corrected chi connectivity index (χ2v) is 29.0. The minimum Gasteiger partial charge on any atom is -0.463 e. The van der Waals surface area contributed by atoms with Crippen molar-refractivity contribution in [3.63, 3.8) is 0 Å². The van der Waals surface area contributed by atoms with E-state index in [-0.39, 0.29) is 19.3 Å². The van der Waals surface area contributed by atoms with E-state index in [2.05, 4.69) is 203 Å². The largest absolute Gasteiger partial charge is 0.472 e. The van der Waals surface area contributed by atoms with Gasteiger partial charge in [0.2, 0.25) is 0 Å². The first-order valence-corrected chi connectivity index (χ1v) is 43.1. The number of rotatable bonds is 74. The molecule has 0 saturated heterocycles. The van der Waals surface area contributed by atoms with Crippen molar-refractivity contribution >= 4 is 33.6 Å². The van der Waals surface area contributed by atoms with E-state index < -0.39 is 91.5 Å². The molecule has 0 aliphatic carbocycles. The first kappa shape index (κ1) is 99.7. The van der Waals surface area contributed by atoms with Crippen molar-refractivity contribution in [2.75, 3.05) is 39.6 Å². The van der Waals surface area contributed by atoms with Crippen LogP contribution < -0.4 is 0 Å². The van der Waals surface area contributed by atoms with Gasteiger partial charge in [0.1, 0.15) is 25.4 Å². The van der Waals surface area contributed by atoms with Gasteiger partial charge in [0.25, 0.3) is 0 Å². The molecule has 5 atom stereocenters. The lowest BCUT2D eigenvalue weighted by Gasteiger charge is -2.21. The highest BCUT2D eigenvalue weighted by Gasteiger charge is 2.29. The number of unbranched alkanes of at least 4 members (excludes halogenated alkanes) is 21. The summed E-state index contributed by atoms with van der Waals surface area (Å²) in [6.45, 7) is 2.28. The maximum absolute atomic E-state index is 13.0. The maximum Gasteiger partial charge on any atom is 0.472 e. The molecule has 16 nitrogen and oxygen atoms in total. The van der Waals surface area contributed by atoms with E-state index in [1.165, 1.54) is 32.1 Å². The van der Waals surface area contributed by atoms with Crippen LogP contribution in [0.15, 0.2) is 182 Å². The normalized spacial score (nSPS) is 14.9. The molecule has 0 aromatic rings. The summed E-state index contributed by atoms with van der Waals surface area (Å²) in [6.07, 6.45) is 101. The molecule has 0 radical (unpaired) electrons. The van der Waals surface area contributed by atoms with Gasteiger partial charge >= 0.3 is 33.6 Å². The predicted octanol–water partition coefficient (Wildman–Crippen LogP) is 23.8. The number of aliphatic hydroxyl groups is 2. The highest BCUT2D eigenvalue weighted by Crippen LogP contribution is 2.45. The summed E-state index contributed by atoms with van der Waals surface area (Å²) in [4.78, 5) is 58.7. The molecule has 18 heteroatoms. The first-order chi connectivity index (χ1) is 51.2. The Balaban J connectivity index is 4.60. The van der Waals surface area contributed by atoms with Crippen molar-refractivity contribution in [3.8, 4) is 0 Å². The molecular formula is C87H142O16P2. The lowest BCUT2D eigenvalue weighted by atomic mass is 10.1. The topological polar surface area (TPSA) is 231 Å². The number of ether oxygens (including phenoxy) is 3. The minimum absolute atomic E-state index is 0.0751. The Hall–Kier alpha value is -5.35. The van der Waals surface area contributed by atoms with Gasteiger partial charge < -0.3 is 34.2 Å². The molecule has 0 aromatic carbocycles. The SMILES string of the molecule is CC/C=C\C/C=C\C/C=C\C/C=C\C/C=C\C/C=C\CCCCCCCCCCCCC(=O)OCC(O)COP(=O)(O)OCC(O)COP(=O)(O)OCC(COC(=O)CCCCCCCC/C=C\C/C=C\C/C=C\C/C=C\C/C=C\C/C=C\CC)OC(=O)CCCCCCC/C=C\C/C=C\C/C=C\CC. The fraction of sp³-hybridized carbons (Fsp3) is 0.621. The van der Waals surface area contributed by atoms with Crippen LogP contribution in [0.1, 0.15) is 290 Å². The van der Waals surface area contributed by atoms with Gasteiger partial charge in [0.05, 0.1) is 26.4 Å². The van der Waals surface area contributed by atoms with Crippen LogP contribution in [0.3, 0.4) is 0 Å². The summed E-state index contributed by atoms with van der Waals surface area (Å²) in [5.41, 5.74) is 0. The van der Waals surface area contributed by atoms with Gasteiger partial charge in [0.15, 0.2) is 6.10 Å². The first-order valence-electron chi connectivity index (χ1n) is 40.1.